The molecule has 0 aliphatic heterocycles. The van der Waals surface area contributed by atoms with Crippen LogP contribution in [0.15, 0.2) is 53.6 Å². The number of hydrogen-bond acceptors (Lipinski definition) is 5. The Balaban J connectivity index is 1.58. The van der Waals surface area contributed by atoms with Crippen LogP contribution >= 0.6 is 0 Å². The second kappa shape index (κ2) is 8.31. The molecule has 0 fully saturated rings. The van der Waals surface area contributed by atoms with E-state index in [9.17, 15) is 9.59 Å². The molecule has 0 aliphatic rings. The van der Waals surface area contributed by atoms with E-state index in [2.05, 4.69) is 15.5 Å². The second-order valence-corrected chi connectivity index (χ2v) is 6.27. The minimum Gasteiger partial charge on any atom is -0.361 e. The summed E-state index contributed by atoms with van der Waals surface area (Å²) in [4.78, 5) is 30.2. The van der Waals surface area contributed by atoms with Gasteiger partial charge in [0.15, 0.2) is 0 Å². The lowest BCUT2D eigenvalue weighted by Crippen LogP contribution is -2.26. The molecule has 2 amide bonds. The lowest BCUT2D eigenvalue weighted by Gasteiger charge is -2.16. The van der Waals surface area contributed by atoms with E-state index in [0.717, 1.165) is 0 Å². The summed E-state index contributed by atoms with van der Waals surface area (Å²) in [5.74, 6) is 0.413. The SMILES string of the molecule is Cc1cc(CN(C)C(=O)c2cccc(NC(=O)CCn3ccnc3)c2)no1. The maximum absolute atomic E-state index is 12.6. The third-order valence-corrected chi connectivity index (χ3v) is 3.97. The van der Waals surface area contributed by atoms with Gasteiger partial charge in [-0.3, -0.25) is 9.59 Å². The minimum atomic E-state index is -0.162. The van der Waals surface area contributed by atoms with Crippen molar-refractivity contribution in [2.75, 3.05) is 12.4 Å². The van der Waals surface area contributed by atoms with Crippen molar-refractivity contribution < 1.29 is 14.1 Å². The van der Waals surface area contributed by atoms with E-state index in [-0.39, 0.29) is 11.8 Å². The molecule has 0 unspecified atom stereocenters. The van der Waals surface area contributed by atoms with Gasteiger partial charge in [-0.15, -0.1) is 0 Å². The monoisotopic (exact) mass is 367 g/mol. The highest BCUT2D eigenvalue weighted by atomic mass is 16.5. The summed E-state index contributed by atoms with van der Waals surface area (Å²) in [5.41, 5.74) is 1.76. The molecule has 0 radical (unpaired) electrons. The standard InChI is InChI=1S/C19H21N5O3/c1-14-10-17(22-27-14)12-23(2)19(26)15-4-3-5-16(11-15)21-18(25)6-8-24-9-7-20-13-24/h3-5,7,9-11,13H,6,8,12H2,1-2H3,(H,21,25). The van der Waals surface area contributed by atoms with Crippen LogP contribution in [0.25, 0.3) is 0 Å². The first-order valence-corrected chi connectivity index (χ1v) is 8.54. The van der Waals surface area contributed by atoms with Crippen molar-refractivity contribution in [3.63, 3.8) is 0 Å². The molecule has 1 N–H and O–H groups in total. The highest BCUT2D eigenvalue weighted by Crippen LogP contribution is 2.14. The molecule has 2 aromatic heterocycles. The summed E-state index contributed by atoms with van der Waals surface area (Å²) in [7, 11) is 1.70. The van der Waals surface area contributed by atoms with Crippen LogP contribution in [0.5, 0.6) is 0 Å². The number of rotatable bonds is 7. The Bertz CT molecular complexity index is 917. The quantitative estimate of drug-likeness (QED) is 0.692. The van der Waals surface area contributed by atoms with Gasteiger partial charge in [-0.05, 0) is 25.1 Å². The van der Waals surface area contributed by atoms with Gasteiger partial charge in [-0.25, -0.2) is 4.98 Å². The first-order chi connectivity index (χ1) is 13.0. The predicted molar refractivity (Wildman–Crippen MR) is 99.0 cm³/mol. The molecule has 3 rings (SSSR count). The normalized spacial score (nSPS) is 10.6. The number of nitrogens with zero attached hydrogens (tertiary/aromatic N) is 4. The first kappa shape index (κ1) is 18.4. The number of hydrogen-bond donors (Lipinski definition) is 1. The highest BCUT2D eigenvalue weighted by molar-refractivity contribution is 5.97. The fourth-order valence-electron chi connectivity index (χ4n) is 2.63. The zero-order chi connectivity index (χ0) is 19.2. The van der Waals surface area contributed by atoms with Gasteiger partial charge in [-0.2, -0.15) is 0 Å². The van der Waals surface area contributed by atoms with E-state index >= 15 is 0 Å². The molecule has 8 heteroatoms. The number of carbonyl (C=O) groups is 2. The Kier molecular flexibility index (Phi) is 5.65. The van der Waals surface area contributed by atoms with Crippen LogP contribution in [-0.4, -0.2) is 38.5 Å². The third kappa shape index (κ3) is 5.04. The number of anilines is 1. The summed E-state index contributed by atoms with van der Waals surface area (Å²) >= 11 is 0. The number of nitrogens with one attached hydrogen (secondary N) is 1. The molecule has 0 aliphatic carbocycles. The average molecular weight is 367 g/mol. The van der Waals surface area contributed by atoms with Crippen molar-refractivity contribution >= 4 is 17.5 Å². The number of amides is 2. The topological polar surface area (TPSA) is 93.3 Å². The van der Waals surface area contributed by atoms with Crippen molar-refractivity contribution in [3.05, 3.63) is 66.1 Å². The van der Waals surface area contributed by atoms with Gasteiger partial charge in [-0.1, -0.05) is 11.2 Å². The van der Waals surface area contributed by atoms with Crippen molar-refractivity contribution in [2.24, 2.45) is 0 Å². The molecule has 27 heavy (non-hydrogen) atoms. The third-order valence-electron chi connectivity index (χ3n) is 3.97. The molecule has 1 aromatic carbocycles. The Hall–Kier alpha value is -3.42. The van der Waals surface area contributed by atoms with E-state index in [0.29, 0.717) is 42.2 Å². The van der Waals surface area contributed by atoms with Gasteiger partial charge in [0.05, 0.1) is 12.9 Å². The predicted octanol–water partition coefficient (Wildman–Crippen LogP) is 2.48. The van der Waals surface area contributed by atoms with Crippen LogP contribution in [0.2, 0.25) is 0 Å². The van der Waals surface area contributed by atoms with Crippen molar-refractivity contribution in [1.29, 1.82) is 0 Å². The van der Waals surface area contributed by atoms with Gasteiger partial charge in [0.2, 0.25) is 5.91 Å². The fraction of sp³-hybridized carbons (Fsp3) is 0.263. The van der Waals surface area contributed by atoms with Gasteiger partial charge in [0.25, 0.3) is 5.91 Å². The molecule has 3 aromatic rings. The van der Waals surface area contributed by atoms with E-state index in [1.807, 2.05) is 4.57 Å². The number of imidazole rings is 1. The largest absolute Gasteiger partial charge is 0.361 e. The Morgan fingerprint density at radius 1 is 1.30 bits per heavy atom. The minimum absolute atomic E-state index is 0.125. The van der Waals surface area contributed by atoms with Crippen LogP contribution < -0.4 is 5.32 Å². The number of carbonyl (C=O) groups excluding carboxylic acids is 2. The van der Waals surface area contributed by atoms with Gasteiger partial charge < -0.3 is 19.3 Å². The van der Waals surface area contributed by atoms with E-state index in [1.54, 1.807) is 67.9 Å². The van der Waals surface area contributed by atoms with Crippen molar-refractivity contribution in [2.45, 2.75) is 26.4 Å². The molecule has 0 spiro atoms. The first-order valence-electron chi connectivity index (χ1n) is 8.54. The van der Waals surface area contributed by atoms with Crippen LogP contribution in [-0.2, 0) is 17.9 Å². The maximum atomic E-state index is 12.6. The molecule has 0 bridgehead atoms. The molecule has 2 heterocycles. The summed E-state index contributed by atoms with van der Waals surface area (Å²) in [6, 6.07) is 8.68. The number of benzene rings is 1. The Morgan fingerprint density at radius 3 is 2.85 bits per heavy atom. The Labute approximate surface area is 156 Å². The van der Waals surface area contributed by atoms with Gasteiger partial charge in [0, 0.05) is 49.7 Å². The second-order valence-electron chi connectivity index (χ2n) is 6.27. The molecule has 0 saturated heterocycles. The van der Waals surface area contributed by atoms with Crippen LogP contribution in [0.1, 0.15) is 28.2 Å². The summed E-state index contributed by atoms with van der Waals surface area (Å²) < 4.78 is 6.86. The van der Waals surface area contributed by atoms with E-state index in [1.165, 1.54) is 0 Å². The molecule has 0 saturated carbocycles. The molecule has 140 valence electrons. The molecular formula is C19H21N5O3. The van der Waals surface area contributed by atoms with Crippen LogP contribution in [0, 0.1) is 6.92 Å². The average Bonchev–Trinajstić information content (AvgIpc) is 3.31. The number of aryl methyl sites for hydroxylation is 2. The molecular weight excluding hydrogens is 346 g/mol. The van der Waals surface area contributed by atoms with Gasteiger partial charge >= 0.3 is 0 Å². The lowest BCUT2D eigenvalue weighted by molar-refractivity contribution is -0.116. The highest BCUT2D eigenvalue weighted by Gasteiger charge is 2.15. The maximum Gasteiger partial charge on any atom is 0.254 e. The Morgan fingerprint density at radius 2 is 2.15 bits per heavy atom. The number of aromatic nitrogens is 3. The molecule has 0 atom stereocenters. The van der Waals surface area contributed by atoms with Crippen LogP contribution in [0.3, 0.4) is 0 Å². The summed E-state index contributed by atoms with van der Waals surface area (Å²) in [6.07, 6.45) is 5.46. The van der Waals surface area contributed by atoms with Crippen LogP contribution in [0.4, 0.5) is 5.69 Å². The fourth-order valence-corrected chi connectivity index (χ4v) is 2.63. The summed E-state index contributed by atoms with van der Waals surface area (Å²) in [6.45, 7) is 2.69. The summed E-state index contributed by atoms with van der Waals surface area (Å²) in [5, 5.41) is 6.72. The molecule has 8 nitrogen and oxygen atoms in total. The lowest BCUT2D eigenvalue weighted by atomic mass is 10.1. The van der Waals surface area contributed by atoms with E-state index in [4.69, 9.17) is 4.52 Å². The van der Waals surface area contributed by atoms with Crippen molar-refractivity contribution in [1.82, 2.24) is 19.6 Å². The zero-order valence-electron chi connectivity index (χ0n) is 15.3. The zero-order valence-corrected chi connectivity index (χ0v) is 15.3. The smallest absolute Gasteiger partial charge is 0.254 e. The van der Waals surface area contributed by atoms with E-state index < -0.39 is 0 Å². The van der Waals surface area contributed by atoms with Gasteiger partial charge in [0.1, 0.15) is 11.5 Å². The van der Waals surface area contributed by atoms with Crippen molar-refractivity contribution in [3.8, 4) is 0 Å².